The number of hydrogen-bond acceptors (Lipinski definition) is 6. The molecule has 0 unspecified atom stereocenters. The minimum Gasteiger partial charge on any atom is -0.317 e. The highest BCUT2D eigenvalue weighted by Gasteiger charge is 2.23. The Morgan fingerprint density at radius 3 is 2.58 bits per heavy atom. The third-order valence-corrected chi connectivity index (χ3v) is 4.81. The van der Waals surface area contributed by atoms with E-state index in [0.717, 1.165) is 13.1 Å². The Balaban J connectivity index is 2.26. The van der Waals surface area contributed by atoms with Crippen LogP contribution in [0.25, 0.3) is 10.9 Å². The number of piperidine rings is 1. The summed E-state index contributed by atoms with van der Waals surface area (Å²) in [6.45, 7) is 2.50. The van der Waals surface area contributed by atoms with E-state index >= 15 is 0 Å². The van der Waals surface area contributed by atoms with Crippen molar-refractivity contribution in [2.24, 2.45) is 0 Å². The predicted octanol–water partition coefficient (Wildman–Crippen LogP) is 0.558. The van der Waals surface area contributed by atoms with Crippen LogP contribution in [-0.4, -0.2) is 52.7 Å². The van der Waals surface area contributed by atoms with Crippen molar-refractivity contribution in [1.82, 2.24) is 19.4 Å². The number of nitrogens with one attached hydrogen (secondary N) is 1. The topological polar surface area (TPSA) is 102 Å². The molecule has 1 N–H and O–H groups in total. The van der Waals surface area contributed by atoms with Crippen molar-refractivity contribution >= 4 is 16.6 Å². The number of likely N-dealkylation sites (N-methyl/N-ethyl adjacent to an activating group) is 1. The lowest BCUT2D eigenvalue weighted by atomic mass is 10.1. The van der Waals surface area contributed by atoms with E-state index in [1.807, 2.05) is 19.0 Å². The molecule has 1 aromatic carbocycles. The van der Waals surface area contributed by atoms with Crippen LogP contribution in [0.5, 0.6) is 0 Å². The zero-order valence-electron chi connectivity index (χ0n) is 15.0. The van der Waals surface area contributed by atoms with Crippen LogP contribution >= 0.6 is 0 Å². The summed E-state index contributed by atoms with van der Waals surface area (Å²) >= 11 is 0. The maximum atomic E-state index is 13.1. The number of nitro benzene ring substituents is 1. The standard InChI is InChI=1S/C17H23N5O4/c1-19(2)9-10-20-15-4-3-13(22(25)26)11-14(15)16(23)21(17(20)24)12-5-7-18-8-6-12/h3-4,11-12,18H,5-10H2,1-2H3. The zero-order chi connectivity index (χ0) is 18.8. The second kappa shape index (κ2) is 7.38. The van der Waals surface area contributed by atoms with Gasteiger partial charge in [0.2, 0.25) is 0 Å². The number of nitrogens with zero attached hydrogens (tertiary/aromatic N) is 4. The van der Waals surface area contributed by atoms with Crippen LogP contribution < -0.4 is 16.6 Å². The van der Waals surface area contributed by atoms with Crippen LogP contribution in [0.1, 0.15) is 18.9 Å². The first-order chi connectivity index (χ1) is 12.4. The molecule has 0 spiro atoms. The van der Waals surface area contributed by atoms with Gasteiger partial charge in [-0.25, -0.2) is 4.79 Å². The molecule has 9 heteroatoms. The van der Waals surface area contributed by atoms with Crippen LogP contribution in [0, 0.1) is 10.1 Å². The van der Waals surface area contributed by atoms with E-state index in [9.17, 15) is 19.7 Å². The Morgan fingerprint density at radius 2 is 1.96 bits per heavy atom. The Hall–Kier alpha value is -2.52. The van der Waals surface area contributed by atoms with Gasteiger partial charge in [-0.1, -0.05) is 0 Å². The highest BCUT2D eigenvalue weighted by molar-refractivity contribution is 5.80. The minimum absolute atomic E-state index is 0.149. The van der Waals surface area contributed by atoms with Gasteiger partial charge in [0.15, 0.2) is 0 Å². The van der Waals surface area contributed by atoms with Crippen molar-refractivity contribution in [2.45, 2.75) is 25.4 Å². The number of hydrogen-bond donors (Lipinski definition) is 1. The monoisotopic (exact) mass is 361 g/mol. The number of aromatic nitrogens is 2. The van der Waals surface area contributed by atoms with Crippen molar-refractivity contribution in [3.05, 3.63) is 49.2 Å². The Kier molecular flexibility index (Phi) is 5.19. The fourth-order valence-corrected chi connectivity index (χ4v) is 3.40. The fraction of sp³-hybridized carbons (Fsp3) is 0.529. The fourth-order valence-electron chi connectivity index (χ4n) is 3.40. The summed E-state index contributed by atoms with van der Waals surface area (Å²) in [4.78, 5) is 38.6. The van der Waals surface area contributed by atoms with E-state index in [4.69, 9.17) is 0 Å². The molecule has 26 heavy (non-hydrogen) atoms. The Bertz CT molecular complexity index is 941. The molecule has 0 atom stereocenters. The lowest BCUT2D eigenvalue weighted by molar-refractivity contribution is -0.384. The van der Waals surface area contributed by atoms with Gasteiger partial charge < -0.3 is 10.2 Å². The highest BCUT2D eigenvalue weighted by atomic mass is 16.6. The number of nitro groups is 1. The summed E-state index contributed by atoms with van der Waals surface area (Å²) < 4.78 is 2.85. The van der Waals surface area contributed by atoms with Crippen molar-refractivity contribution < 1.29 is 4.92 Å². The minimum atomic E-state index is -0.525. The quantitative estimate of drug-likeness (QED) is 0.617. The normalized spacial score (nSPS) is 15.7. The van der Waals surface area contributed by atoms with Crippen LogP contribution in [0.2, 0.25) is 0 Å². The van der Waals surface area contributed by atoms with Gasteiger partial charge in [0, 0.05) is 31.3 Å². The summed E-state index contributed by atoms with van der Waals surface area (Å²) in [5.74, 6) is 0. The molecule has 1 aromatic heterocycles. The highest BCUT2D eigenvalue weighted by Crippen LogP contribution is 2.20. The van der Waals surface area contributed by atoms with Gasteiger partial charge in [-0.15, -0.1) is 0 Å². The lowest BCUT2D eigenvalue weighted by Gasteiger charge is -2.25. The SMILES string of the molecule is CN(C)CCn1c(=O)n(C2CCNCC2)c(=O)c2cc([N+](=O)[O-])ccc21. The molecule has 2 heterocycles. The molecule has 0 amide bonds. The second-order valence-electron chi connectivity index (χ2n) is 6.85. The van der Waals surface area contributed by atoms with Crippen molar-refractivity contribution in [1.29, 1.82) is 0 Å². The van der Waals surface area contributed by atoms with E-state index in [-0.39, 0.29) is 22.8 Å². The van der Waals surface area contributed by atoms with Gasteiger partial charge in [-0.2, -0.15) is 0 Å². The molecule has 1 aliphatic rings. The summed E-state index contributed by atoms with van der Waals surface area (Å²) in [7, 11) is 3.81. The Morgan fingerprint density at radius 1 is 1.27 bits per heavy atom. The number of rotatable bonds is 5. The van der Waals surface area contributed by atoms with Gasteiger partial charge >= 0.3 is 5.69 Å². The zero-order valence-corrected chi connectivity index (χ0v) is 15.0. The van der Waals surface area contributed by atoms with Gasteiger partial charge in [0.1, 0.15) is 0 Å². The molecule has 0 radical (unpaired) electrons. The molecule has 140 valence electrons. The lowest BCUT2D eigenvalue weighted by Crippen LogP contribution is -2.45. The van der Waals surface area contributed by atoms with Gasteiger partial charge in [0.25, 0.3) is 11.2 Å². The predicted molar refractivity (Wildman–Crippen MR) is 98.8 cm³/mol. The first-order valence-electron chi connectivity index (χ1n) is 8.69. The van der Waals surface area contributed by atoms with Crippen molar-refractivity contribution in [2.75, 3.05) is 33.7 Å². The van der Waals surface area contributed by atoms with E-state index in [0.29, 0.717) is 31.4 Å². The van der Waals surface area contributed by atoms with Crippen LogP contribution in [0.3, 0.4) is 0 Å². The van der Waals surface area contributed by atoms with Crippen molar-refractivity contribution in [3.8, 4) is 0 Å². The van der Waals surface area contributed by atoms with Gasteiger partial charge in [-0.3, -0.25) is 24.0 Å². The first kappa shape index (κ1) is 18.3. The summed E-state index contributed by atoms with van der Waals surface area (Å²) in [6.07, 6.45) is 1.37. The van der Waals surface area contributed by atoms with Crippen LogP contribution in [0.4, 0.5) is 5.69 Å². The molecule has 0 saturated carbocycles. The maximum Gasteiger partial charge on any atom is 0.331 e. The molecule has 0 aliphatic carbocycles. The average molecular weight is 361 g/mol. The number of benzene rings is 1. The van der Waals surface area contributed by atoms with Gasteiger partial charge in [0.05, 0.1) is 15.8 Å². The molecule has 1 fully saturated rings. The number of fused-ring (bicyclic) bond motifs is 1. The van der Waals surface area contributed by atoms with Crippen molar-refractivity contribution in [3.63, 3.8) is 0 Å². The van der Waals surface area contributed by atoms with E-state index in [1.54, 1.807) is 4.57 Å². The third-order valence-electron chi connectivity index (χ3n) is 4.81. The summed E-state index contributed by atoms with van der Waals surface area (Å²) in [6, 6.07) is 3.92. The smallest absolute Gasteiger partial charge is 0.317 e. The third kappa shape index (κ3) is 3.40. The van der Waals surface area contributed by atoms with E-state index in [1.165, 1.54) is 22.8 Å². The summed E-state index contributed by atoms with van der Waals surface area (Å²) in [5, 5.41) is 14.6. The molecule has 0 bridgehead atoms. The second-order valence-corrected chi connectivity index (χ2v) is 6.85. The molecular weight excluding hydrogens is 338 g/mol. The Labute approximate surface area is 150 Å². The van der Waals surface area contributed by atoms with Crippen LogP contribution in [-0.2, 0) is 6.54 Å². The average Bonchev–Trinajstić information content (AvgIpc) is 2.62. The molecule has 1 aliphatic heterocycles. The molecule has 9 nitrogen and oxygen atoms in total. The largest absolute Gasteiger partial charge is 0.331 e. The van der Waals surface area contributed by atoms with Crippen LogP contribution in [0.15, 0.2) is 27.8 Å². The molecule has 2 aromatic rings. The summed E-state index contributed by atoms with van der Waals surface area (Å²) in [5.41, 5.74) is -0.492. The van der Waals surface area contributed by atoms with Gasteiger partial charge in [-0.05, 0) is 46.1 Å². The van der Waals surface area contributed by atoms with E-state index < -0.39 is 10.5 Å². The number of non-ortho nitro benzene ring substituents is 1. The molecule has 3 rings (SSSR count). The van der Waals surface area contributed by atoms with E-state index in [2.05, 4.69) is 5.32 Å². The molecular formula is C17H23N5O4. The maximum absolute atomic E-state index is 13.1. The molecule has 1 saturated heterocycles. The first-order valence-corrected chi connectivity index (χ1v) is 8.69.